The molecule has 0 bridgehead atoms. The summed E-state index contributed by atoms with van der Waals surface area (Å²) in [6.07, 6.45) is 0.985. The van der Waals surface area contributed by atoms with Crippen molar-refractivity contribution >= 4 is 30.8 Å². The van der Waals surface area contributed by atoms with Crippen LogP contribution in [0.2, 0.25) is 19.6 Å². The second-order valence-corrected chi connectivity index (χ2v) is 11.2. The second-order valence-electron chi connectivity index (χ2n) is 6.15. The molecule has 3 heteroatoms. The van der Waals surface area contributed by atoms with E-state index in [2.05, 4.69) is 42.9 Å². The fourth-order valence-corrected chi connectivity index (χ4v) is 4.17. The number of nitrogens with zero attached hydrogens (tertiary/aromatic N) is 1. The van der Waals surface area contributed by atoms with Crippen molar-refractivity contribution in [3.63, 3.8) is 0 Å². The molecule has 1 aromatic carbocycles. The Bertz CT molecular complexity index is 659. The van der Waals surface area contributed by atoms with Crippen LogP contribution in [0.1, 0.15) is 23.0 Å². The van der Waals surface area contributed by atoms with E-state index in [1.54, 1.807) is 0 Å². The van der Waals surface area contributed by atoms with Gasteiger partial charge in [-0.3, -0.25) is 4.79 Å². The Balaban J connectivity index is 2.77. The van der Waals surface area contributed by atoms with Crippen LogP contribution in [-0.2, 0) is 7.05 Å². The maximum Gasteiger partial charge on any atom is 0.152 e. The summed E-state index contributed by atoms with van der Waals surface area (Å²) in [5.74, 6) is 0. The summed E-state index contributed by atoms with van der Waals surface area (Å²) in [7, 11) is 0.732. The van der Waals surface area contributed by atoms with E-state index in [0.717, 1.165) is 28.4 Å². The van der Waals surface area contributed by atoms with Crippen molar-refractivity contribution in [2.24, 2.45) is 7.05 Å². The highest BCUT2D eigenvalue weighted by atomic mass is 28.3. The number of carbonyl (C=O) groups excluding carboxylic acids is 1. The van der Waals surface area contributed by atoms with Gasteiger partial charge >= 0.3 is 0 Å². The minimum atomic E-state index is -1.30. The van der Waals surface area contributed by atoms with Crippen molar-refractivity contribution in [3.8, 4) is 0 Å². The van der Waals surface area contributed by atoms with Gasteiger partial charge in [-0.15, -0.1) is 0 Å². The van der Waals surface area contributed by atoms with E-state index in [-0.39, 0.29) is 0 Å². The highest BCUT2D eigenvalue weighted by Gasteiger charge is 2.17. The molecule has 0 amide bonds. The van der Waals surface area contributed by atoms with Crippen molar-refractivity contribution in [2.45, 2.75) is 26.6 Å². The van der Waals surface area contributed by atoms with E-state index in [0.29, 0.717) is 0 Å². The number of fused-ring (bicyclic) bond motifs is 1. The van der Waals surface area contributed by atoms with E-state index in [9.17, 15) is 4.79 Å². The lowest BCUT2D eigenvalue weighted by molar-refractivity contribution is 0.112. The number of allylic oxidation sites excluding steroid dienone is 1. The van der Waals surface area contributed by atoms with E-state index in [4.69, 9.17) is 0 Å². The summed E-state index contributed by atoms with van der Waals surface area (Å²) in [5.41, 5.74) is 6.54. The molecule has 1 heterocycles. The van der Waals surface area contributed by atoms with Gasteiger partial charge in [0.05, 0.1) is 13.8 Å². The molecular formula is C16H21NOSi. The number of aryl methyl sites for hydroxylation is 1. The van der Waals surface area contributed by atoms with Crippen LogP contribution in [0, 0.1) is 0 Å². The lowest BCUT2D eigenvalue weighted by Crippen LogP contribution is -2.16. The van der Waals surface area contributed by atoms with Gasteiger partial charge in [0.25, 0.3) is 0 Å². The van der Waals surface area contributed by atoms with Crippen LogP contribution >= 0.6 is 0 Å². The summed E-state index contributed by atoms with van der Waals surface area (Å²) in [6.45, 7) is 9.03. The molecule has 0 aliphatic carbocycles. The third-order valence-corrected chi connectivity index (χ3v) is 4.59. The molecule has 0 atom stereocenters. The van der Waals surface area contributed by atoms with Gasteiger partial charge in [-0.2, -0.15) is 0 Å². The van der Waals surface area contributed by atoms with Crippen LogP contribution in [0.5, 0.6) is 0 Å². The molecule has 1 aromatic heterocycles. The van der Waals surface area contributed by atoms with Crippen LogP contribution in [0.15, 0.2) is 30.0 Å². The Hall–Kier alpha value is -1.61. The summed E-state index contributed by atoms with van der Waals surface area (Å²) >= 11 is 0. The van der Waals surface area contributed by atoms with Crippen molar-refractivity contribution in [2.75, 3.05) is 0 Å². The second kappa shape index (κ2) is 4.81. The van der Waals surface area contributed by atoms with Crippen LogP contribution in [0.4, 0.5) is 0 Å². The number of carbonyl (C=O) groups is 1. The third-order valence-electron chi connectivity index (χ3n) is 3.29. The number of aldehydes is 1. The monoisotopic (exact) mass is 271 g/mol. The van der Waals surface area contributed by atoms with E-state index in [1.165, 1.54) is 5.57 Å². The molecule has 0 radical (unpaired) electrons. The Morgan fingerprint density at radius 2 is 1.84 bits per heavy atom. The average molecular weight is 271 g/mol. The van der Waals surface area contributed by atoms with Gasteiger partial charge in [0.15, 0.2) is 6.29 Å². The van der Waals surface area contributed by atoms with Crippen LogP contribution in [0.3, 0.4) is 0 Å². The highest BCUT2D eigenvalue weighted by molar-refractivity contribution is 6.81. The quantitative estimate of drug-likeness (QED) is 0.603. The first-order valence-electron chi connectivity index (χ1n) is 6.57. The number of aromatic nitrogens is 1. The van der Waals surface area contributed by atoms with Gasteiger partial charge in [-0.25, -0.2) is 0 Å². The van der Waals surface area contributed by atoms with Crippen molar-refractivity contribution < 1.29 is 4.79 Å². The molecule has 0 fully saturated rings. The first kappa shape index (κ1) is 13.8. The summed E-state index contributed by atoms with van der Waals surface area (Å²) in [5, 5.41) is 1.04. The zero-order chi connectivity index (χ0) is 14.2. The van der Waals surface area contributed by atoms with Crippen LogP contribution in [0.25, 0.3) is 16.5 Å². The summed E-state index contributed by atoms with van der Waals surface area (Å²) in [4.78, 5) is 11.5. The predicted molar refractivity (Wildman–Crippen MR) is 85.3 cm³/mol. The molecule has 100 valence electrons. The van der Waals surface area contributed by atoms with Gasteiger partial charge in [-0.1, -0.05) is 43.5 Å². The molecule has 0 aliphatic rings. The van der Waals surface area contributed by atoms with Crippen LogP contribution < -0.4 is 0 Å². The van der Waals surface area contributed by atoms with Gasteiger partial charge in [0.2, 0.25) is 0 Å². The Morgan fingerprint density at radius 3 is 2.42 bits per heavy atom. The normalized spacial score (nSPS) is 13.0. The smallest absolute Gasteiger partial charge is 0.152 e. The van der Waals surface area contributed by atoms with E-state index >= 15 is 0 Å². The molecule has 2 nitrogen and oxygen atoms in total. The SMILES string of the molecule is C/C(=C\[Si](C)(C)C)c1c(C=O)c2ccccc2n1C. The predicted octanol–water partition coefficient (Wildman–Crippen LogP) is 4.27. The first-order chi connectivity index (χ1) is 8.85. The van der Waals surface area contributed by atoms with Crippen molar-refractivity contribution in [1.82, 2.24) is 4.57 Å². The van der Waals surface area contributed by atoms with Crippen molar-refractivity contribution in [3.05, 3.63) is 41.2 Å². The van der Waals surface area contributed by atoms with Crippen molar-refractivity contribution in [1.29, 1.82) is 0 Å². The van der Waals surface area contributed by atoms with Crippen LogP contribution in [-0.4, -0.2) is 18.9 Å². The molecule has 0 unspecified atom stereocenters. The lowest BCUT2D eigenvalue weighted by Gasteiger charge is -2.13. The lowest BCUT2D eigenvalue weighted by atomic mass is 10.1. The topological polar surface area (TPSA) is 22.0 Å². The number of hydrogen-bond donors (Lipinski definition) is 0. The number of hydrogen-bond acceptors (Lipinski definition) is 1. The largest absolute Gasteiger partial charge is 0.343 e. The maximum atomic E-state index is 11.5. The van der Waals surface area contributed by atoms with Gasteiger partial charge in [0.1, 0.15) is 0 Å². The zero-order valence-corrected chi connectivity index (χ0v) is 13.3. The van der Waals surface area contributed by atoms with Gasteiger partial charge < -0.3 is 4.57 Å². The number of benzene rings is 1. The van der Waals surface area contributed by atoms with E-state index < -0.39 is 8.07 Å². The first-order valence-corrected chi connectivity index (χ1v) is 10.2. The van der Waals surface area contributed by atoms with Gasteiger partial charge in [-0.05, 0) is 18.6 Å². The molecule has 0 saturated carbocycles. The molecule has 2 aromatic rings. The van der Waals surface area contributed by atoms with E-state index in [1.807, 2.05) is 25.2 Å². The minimum absolute atomic E-state index is 0.810. The molecule has 19 heavy (non-hydrogen) atoms. The minimum Gasteiger partial charge on any atom is -0.343 e. The Kier molecular flexibility index (Phi) is 3.50. The standard InChI is InChI=1S/C16H21NOSi/c1-12(11-19(3,4)5)16-14(10-18)13-8-6-7-9-15(13)17(16)2/h6-11H,1-5H3/b12-11+. The highest BCUT2D eigenvalue weighted by Crippen LogP contribution is 2.29. The molecule has 0 spiro atoms. The summed E-state index contributed by atoms with van der Waals surface area (Å²) < 4.78 is 2.13. The maximum absolute atomic E-state index is 11.5. The Morgan fingerprint density at radius 1 is 1.21 bits per heavy atom. The fraction of sp³-hybridized carbons (Fsp3) is 0.312. The molecular weight excluding hydrogens is 250 g/mol. The molecule has 0 saturated heterocycles. The molecule has 0 N–H and O–H groups in total. The fourth-order valence-electron chi connectivity index (χ4n) is 2.74. The molecule has 0 aliphatic heterocycles. The molecule has 2 rings (SSSR count). The number of para-hydroxylation sites is 1. The summed E-state index contributed by atoms with van der Waals surface area (Å²) in [6, 6.07) is 8.08. The number of rotatable bonds is 3. The van der Waals surface area contributed by atoms with Gasteiger partial charge in [0, 0.05) is 23.5 Å². The average Bonchev–Trinajstić information content (AvgIpc) is 2.60. The zero-order valence-electron chi connectivity index (χ0n) is 12.3. The third kappa shape index (κ3) is 2.56. The Labute approximate surface area is 115 Å².